The zero-order valence-corrected chi connectivity index (χ0v) is 15.8. The number of benzene rings is 2. The first-order chi connectivity index (χ1) is 14.2. The largest absolute Gasteiger partial charge is 0.378 e. The second-order valence-corrected chi connectivity index (χ2v) is 6.64. The molecule has 2 aromatic carbocycles. The number of rotatable bonds is 5. The average Bonchev–Trinajstić information content (AvgIpc) is 2.75. The molecule has 0 atom stereocenters. The number of carbonyl (C=O) groups is 1. The van der Waals surface area contributed by atoms with E-state index in [1.807, 2.05) is 24.3 Å². The number of carbonyl (C=O) groups excluding carboxylic acids is 1. The molecule has 0 radical (unpaired) electrons. The SMILES string of the molecule is O=C(Nc1ccccc1N1CCOCC1)c1cc(Nc2cccc(F)c2)ccn1. The highest BCUT2D eigenvalue weighted by Crippen LogP contribution is 2.27. The van der Waals surface area contributed by atoms with Gasteiger partial charge in [-0.15, -0.1) is 0 Å². The van der Waals surface area contributed by atoms with E-state index in [0.29, 0.717) is 24.6 Å². The van der Waals surface area contributed by atoms with Gasteiger partial charge in [0.25, 0.3) is 5.91 Å². The van der Waals surface area contributed by atoms with Crippen LogP contribution in [-0.2, 0) is 4.74 Å². The van der Waals surface area contributed by atoms with Crippen LogP contribution in [0, 0.1) is 5.82 Å². The van der Waals surface area contributed by atoms with Crippen molar-refractivity contribution >= 4 is 28.7 Å². The first-order valence-electron chi connectivity index (χ1n) is 9.41. The van der Waals surface area contributed by atoms with Crippen molar-refractivity contribution in [3.63, 3.8) is 0 Å². The quantitative estimate of drug-likeness (QED) is 0.686. The molecule has 1 amide bonds. The van der Waals surface area contributed by atoms with E-state index in [2.05, 4.69) is 20.5 Å². The molecule has 7 heteroatoms. The lowest BCUT2D eigenvalue weighted by Gasteiger charge is -2.30. The first kappa shape index (κ1) is 18.9. The first-order valence-corrected chi connectivity index (χ1v) is 9.41. The van der Waals surface area contributed by atoms with Gasteiger partial charge in [-0.05, 0) is 42.5 Å². The van der Waals surface area contributed by atoms with E-state index in [-0.39, 0.29) is 17.4 Å². The molecule has 0 unspecified atom stereocenters. The summed E-state index contributed by atoms with van der Waals surface area (Å²) in [5, 5.41) is 6.04. The third kappa shape index (κ3) is 4.70. The van der Waals surface area contributed by atoms with E-state index >= 15 is 0 Å². The minimum atomic E-state index is -0.332. The number of nitrogens with zero attached hydrogens (tertiary/aromatic N) is 2. The van der Waals surface area contributed by atoms with Crippen molar-refractivity contribution in [2.75, 3.05) is 41.8 Å². The summed E-state index contributed by atoms with van der Waals surface area (Å²) in [4.78, 5) is 19.2. The van der Waals surface area contributed by atoms with Crippen LogP contribution in [0.2, 0.25) is 0 Å². The molecule has 4 rings (SSSR count). The average molecular weight is 392 g/mol. The Labute approximate surface area is 168 Å². The Morgan fingerprint density at radius 1 is 1.00 bits per heavy atom. The van der Waals surface area contributed by atoms with Crippen LogP contribution in [0.1, 0.15) is 10.5 Å². The van der Waals surface area contributed by atoms with Gasteiger partial charge in [0.2, 0.25) is 0 Å². The molecule has 0 saturated carbocycles. The highest BCUT2D eigenvalue weighted by atomic mass is 19.1. The molecular weight excluding hydrogens is 371 g/mol. The number of hydrogen-bond donors (Lipinski definition) is 2. The van der Waals surface area contributed by atoms with Gasteiger partial charge in [-0.25, -0.2) is 4.39 Å². The van der Waals surface area contributed by atoms with Gasteiger partial charge in [0, 0.05) is 30.7 Å². The van der Waals surface area contributed by atoms with Gasteiger partial charge in [-0.3, -0.25) is 9.78 Å². The monoisotopic (exact) mass is 392 g/mol. The minimum absolute atomic E-state index is 0.267. The fourth-order valence-corrected chi connectivity index (χ4v) is 3.21. The van der Waals surface area contributed by atoms with Gasteiger partial charge >= 0.3 is 0 Å². The Balaban J connectivity index is 1.51. The molecule has 0 spiro atoms. The number of halogens is 1. The lowest BCUT2D eigenvalue weighted by atomic mass is 10.2. The van der Waals surface area contributed by atoms with E-state index in [9.17, 15) is 9.18 Å². The zero-order valence-electron chi connectivity index (χ0n) is 15.8. The van der Waals surface area contributed by atoms with Gasteiger partial charge in [0.05, 0.1) is 24.6 Å². The Kier molecular flexibility index (Phi) is 5.67. The van der Waals surface area contributed by atoms with E-state index in [0.717, 1.165) is 24.5 Å². The Morgan fingerprint density at radius 2 is 1.79 bits per heavy atom. The molecule has 0 aliphatic carbocycles. The Hall–Kier alpha value is -3.45. The molecule has 1 aliphatic rings. The summed E-state index contributed by atoms with van der Waals surface area (Å²) in [6.07, 6.45) is 1.55. The number of morpholine rings is 1. The van der Waals surface area contributed by atoms with Crippen molar-refractivity contribution in [2.24, 2.45) is 0 Å². The van der Waals surface area contributed by atoms with Crippen molar-refractivity contribution in [1.82, 2.24) is 4.98 Å². The number of amides is 1. The number of ether oxygens (including phenoxy) is 1. The molecule has 2 heterocycles. The van der Waals surface area contributed by atoms with Gasteiger partial charge in [0.1, 0.15) is 11.5 Å². The van der Waals surface area contributed by atoms with Crippen LogP contribution in [-0.4, -0.2) is 37.2 Å². The number of pyridine rings is 1. The van der Waals surface area contributed by atoms with Crippen LogP contribution in [0.3, 0.4) is 0 Å². The van der Waals surface area contributed by atoms with E-state index in [4.69, 9.17) is 4.74 Å². The molecule has 2 N–H and O–H groups in total. The molecule has 0 bridgehead atoms. The predicted molar refractivity (Wildman–Crippen MR) is 111 cm³/mol. The molecule has 6 nitrogen and oxygen atoms in total. The normalized spacial score (nSPS) is 13.8. The zero-order chi connectivity index (χ0) is 20.1. The van der Waals surface area contributed by atoms with E-state index in [1.165, 1.54) is 12.1 Å². The summed E-state index contributed by atoms with van der Waals surface area (Å²) in [5.74, 6) is -0.643. The molecule has 148 valence electrons. The maximum atomic E-state index is 13.4. The molecule has 3 aromatic rings. The molecule has 29 heavy (non-hydrogen) atoms. The van der Waals surface area contributed by atoms with Gasteiger partial charge < -0.3 is 20.3 Å². The molecule has 1 saturated heterocycles. The van der Waals surface area contributed by atoms with E-state index < -0.39 is 0 Å². The van der Waals surface area contributed by atoms with Crippen molar-refractivity contribution in [1.29, 1.82) is 0 Å². The fraction of sp³-hybridized carbons (Fsp3) is 0.182. The summed E-state index contributed by atoms with van der Waals surface area (Å²) in [5.41, 5.74) is 3.20. The highest BCUT2D eigenvalue weighted by Gasteiger charge is 2.17. The van der Waals surface area contributed by atoms with Crippen LogP contribution < -0.4 is 15.5 Å². The number of anilines is 4. The number of para-hydroxylation sites is 2. The Bertz CT molecular complexity index is 1010. The second-order valence-electron chi connectivity index (χ2n) is 6.64. The summed E-state index contributed by atoms with van der Waals surface area (Å²) in [6, 6.07) is 17.2. The number of aromatic nitrogens is 1. The number of hydrogen-bond acceptors (Lipinski definition) is 5. The minimum Gasteiger partial charge on any atom is -0.378 e. The van der Waals surface area contributed by atoms with Crippen molar-refractivity contribution in [2.45, 2.75) is 0 Å². The molecule has 1 aliphatic heterocycles. The summed E-state index contributed by atoms with van der Waals surface area (Å²) >= 11 is 0. The Morgan fingerprint density at radius 3 is 2.62 bits per heavy atom. The van der Waals surface area contributed by atoms with Gasteiger partial charge in [-0.1, -0.05) is 18.2 Å². The van der Waals surface area contributed by atoms with Crippen LogP contribution in [0.5, 0.6) is 0 Å². The van der Waals surface area contributed by atoms with Crippen molar-refractivity contribution in [3.05, 3.63) is 78.4 Å². The van der Waals surface area contributed by atoms with Crippen LogP contribution >= 0.6 is 0 Å². The molecule has 1 aromatic heterocycles. The maximum Gasteiger partial charge on any atom is 0.274 e. The van der Waals surface area contributed by atoms with Crippen molar-refractivity contribution < 1.29 is 13.9 Å². The maximum absolute atomic E-state index is 13.4. The standard InChI is InChI=1S/C22H21FN4O2/c23-16-4-3-5-17(14-16)25-18-8-9-24-20(15-18)22(28)26-19-6-1-2-7-21(19)27-10-12-29-13-11-27/h1-9,14-15H,10-13H2,(H,24,25)(H,26,28). The highest BCUT2D eigenvalue weighted by molar-refractivity contribution is 6.05. The van der Waals surface area contributed by atoms with Gasteiger partial charge in [0.15, 0.2) is 0 Å². The lowest BCUT2D eigenvalue weighted by molar-refractivity contribution is 0.102. The number of nitrogens with one attached hydrogen (secondary N) is 2. The van der Waals surface area contributed by atoms with Crippen LogP contribution in [0.15, 0.2) is 66.9 Å². The summed E-state index contributed by atoms with van der Waals surface area (Å²) < 4.78 is 18.8. The van der Waals surface area contributed by atoms with E-state index in [1.54, 1.807) is 30.5 Å². The van der Waals surface area contributed by atoms with Crippen LogP contribution in [0.4, 0.5) is 27.1 Å². The molecule has 1 fully saturated rings. The second kappa shape index (κ2) is 8.70. The smallest absolute Gasteiger partial charge is 0.274 e. The predicted octanol–water partition coefficient (Wildman–Crippen LogP) is 4.05. The van der Waals surface area contributed by atoms with Gasteiger partial charge in [-0.2, -0.15) is 0 Å². The van der Waals surface area contributed by atoms with Crippen LogP contribution in [0.25, 0.3) is 0 Å². The summed E-state index contributed by atoms with van der Waals surface area (Å²) in [7, 11) is 0. The third-order valence-corrected chi connectivity index (χ3v) is 4.61. The fourth-order valence-electron chi connectivity index (χ4n) is 3.21. The van der Waals surface area contributed by atoms with Crippen molar-refractivity contribution in [3.8, 4) is 0 Å². The third-order valence-electron chi connectivity index (χ3n) is 4.61. The molecular formula is C22H21FN4O2. The summed E-state index contributed by atoms with van der Waals surface area (Å²) in [6.45, 7) is 2.88. The topological polar surface area (TPSA) is 66.5 Å². The lowest BCUT2D eigenvalue weighted by Crippen LogP contribution is -2.36.